The number of nitrogens with zero attached hydrogens (tertiary/aromatic N) is 1. The monoisotopic (exact) mass is 262 g/mol. The van der Waals surface area contributed by atoms with E-state index in [1.54, 1.807) is 12.3 Å². The van der Waals surface area contributed by atoms with Crippen LogP contribution in [0.4, 0.5) is 0 Å². The first-order valence-corrected chi connectivity index (χ1v) is 6.40. The van der Waals surface area contributed by atoms with Crippen molar-refractivity contribution in [2.75, 3.05) is 0 Å². The number of carboxylic acid groups (broad SMARTS) is 1. The van der Waals surface area contributed by atoms with Crippen LogP contribution in [0, 0.1) is 6.92 Å². The van der Waals surface area contributed by atoms with Gasteiger partial charge in [0.25, 0.3) is 0 Å². The van der Waals surface area contributed by atoms with Crippen LogP contribution < -0.4 is 5.32 Å². The fourth-order valence-electron chi connectivity index (χ4n) is 1.61. The van der Waals surface area contributed by atoms with Crippen molar-refractivity contribution < 1.29 is 9.90 Å². The Bertz CT molecular complexity index is 551. The molecular formula is C13H14N2O2S. The highest BCUT2D eigenvalue weighted by Gasteiger charge is 2.06. The summed E-state index contributed by atoms with van der Waals surface area (Å²) in [6.45, 7) is 3.46. The number of hydrogen-bond donors (Lipinski definition) is 2. The number of hydrogen-bond acceptors (Lipinski definition) is 4. The van der Waals surface area contributed by atoms with Gasteiger partial charge in [-0.15, -0.1) is 11.3 Å². The Kier molecular flexibility index (Phi) is 4.07. The lowest BCUT2D eigenvalue weighted by molar-refractivity contribution is 0.0702. The van der Waals surface area contributed by atoms with Crippen molar-refractivity contribution in [3.05, 3.63) is 51.5 Å². The molecule has 0 fully saturated rings. The van der Waals surface area contributed by atoms with Crippen LogP contribution in [-0.2, 0) is 13.1 Å². The second-order valence-corrected chi connectivity index (χ2v) is 5.15. The van der Waals surface area contributed by atoms with Gasteiger partial charge in [0.2, 0.25) is 0 Å². The van der Waals surface area contributed by atoms with Crippen LogP contribution in [0.3, 0.4) is 0 Å². The molecule has 0 amide bonds. The number of pyridine rings is 1. The van der Waals surface area contributed by atoms with Crippen LogP contribution in [-0.4, -0.2) is 16.1 Å². The van der Waals surface area contributed by atoms with Crippen molar-refractivity contribution in [3.63, 3.8) is 0 Å². The minimum atomic E-state index is -0.865. The number of rotatable bonds is 5. The first kappa shape index (κ1) is 12.7. The van der Waals surface area contributed by atoms with Crippen molar-refractivity contribution in [3.8, 4) is 0 Å². The molecule has 0 unspecified atom stereocenters. The van der Waals surface area contributed by atoms with Gasteiger partial charge in [-0.2, -0.15) is 0 Å². The third kappa shape index (κ3) is 3.15. The third-order valence-corrected chi connectivity index (χ3v) is 3.70. The van der Waals surface area contributed by atoms with E-state index >= 15 is 0 Å². The fraction of sp³-hybridized carbons (Fsp3) is 0.231. The molecule has 2 rings (SSSR count). The van der Waals surface area contributed by atoms with Crippen LogP contribution >= 0.6 is 11.3 Å². The third-order valence-electron chi connectivity index (χ3n) is 2.62. The van der Waals surface area contributed by atoms with Crippen LogP contribution in [0.25, 0.3) is 0 Å². The second kappa shape index (κ2) is 5.75. The van der Waals surface area contributed by atoms with Gasteiger partial charge in [-0.05, 0) is 36.2 Å². The van der Waals surface area contributed by atoms with E-state index in [2.05, 4.69) is 10.3 Å². The van der Waals surface area contributed by atoms with E-state index in [9.17, 15) is 4.79 Å². The maximum absolute atomic E-state index is 10.7. The molecule has 0 spiro atoms. The maximum atomic E-state index is 10.7. The van der Waals surface area contributed by atoms with Crippen LogP contribution in [0.5, 0.6) is 0 Å². The SMILES string of the molecule is Cc1cnccc1CNCc1ccc(C(=O)O)s1. The quantitative estimate of drug-likeness (QED) is 0.868. The van der Waals surface area contributed by atoms with Gasteiger partial charge in [-0.3, -0.25) is 4.98 Å². The van der Waals surface area contributed by atoms with Gasteiger partial charge >= 0.3 is 5.97 Å². The van der Waals surface area contributed by atoms with Gasteiger partial charge in [0, 0.05) is 30.4 Å². The number of nitrogens with one attached hydrogen (secondary N) is 1. The number of aromatic carboxylic acids is 1. The zero-order chi connectivity index (χ0) is 13.0. The number of carbonyl (C=O) groups is 1. The predicted molar refractivity (Wildman–Crippen MR) is 70.8 cm³/mol. The summed E-state index contributed by atoms with van der Waals surface area (Å²) < 4.78 is 0. The molecule has 2 aromatic heterocycles. The van der Waals surface area contributed by atoms with E-state index < -0.39 is 5.97 Å². The zero-order valence-electron chi connectivity index (χ0n) is 10.0. The number of carboxylic acids is 1. The van der Waals surface area contributed by atoms with Crippen molar-refractivity contribution in [1.29, 1.82) is 0 Å². The molecular weight excluding hydrogens is 248 g/mol. The molecule has 0 saturated carbocycles. The Hall–Kier alpha value is -1.72. The number of thiophene rings is 1. The highest BCUT2D eigenvalue weighted by molar-refractivity contribution is 7.13. The predicted octanol–water partition coefficient (Wildman–Crippen LogP) is 2.44. The lowest BCUT2D eigenvalue weighted by Gasteiger charge is -2.05. The van der Waals surface area contributed by atoms with E-state index in [1.165, 1.54) is 16.9 Å². The average molecular weight is 262 g/mol. The van der Waals surface area contributed by atoms with E-state index in [-0.39, 0.29) is 0 Å². The molecule has 0 aromatic carbocycles. The minimum Gasteiger partial charge on any atom is -0.477 e. The molecule has 2 aromatic rings. The number of aromatic nitrogens is 1. The lowest BCUT2D eigenvalue weighted by Crippen LogP contribution is -2.12. The average Bonchev–Trinajstić information content (AvgIpc) is 2.80. The van der Waals surface area contributed by atoms with Gasteiger partial charge in [0.1, 0.15) is 4.88 Å². The Balaban J connectivity index is 1.88. The normalized spacial score (nSPS) is 10.5. The highest BCUT2D eigenvalue weighted by Crippen LogP contribution is 2.16. The molecule has 18 heavy (non-hydrogen) atoms. The summed E-state index contributed by atoms with van der Waals surface area (Å²) >= 11 is 1.31. The Morgan fingerprint density at radius 3 is 2.89 bits per heavy atom. The lowest BCUT2D eigenvalue weighted by atomic mass is 10.1. The molecule has 0 radical (unpaired) electrons. The Morgan fingerprint density at radius 2 is 2.22 bits per heavy atom. The number of aryl methyl sites for hydroxylation is 1. The van der Waals surface area contributed by atoms with Crippen molar-refractivity contribution >= 4 is 17.3 Å². The zero-order valence-corrected chi connectivity index (χ0v) is 10.8. The van der Waals surface area contributed by atoms with Crippen LogP contribution in [0.1, 0.15) is 25.7 Å². The van der Waals surface area contributed by atoms with Gasteiger partial charge in [-0.1, -0.05) is 0 Å². The fourth-order valence-corrected chi connectivity index (χ4v) is 2.42. The summed E-state index contributed by atoms with van der Waals surface area (Å²) in [5, 5.41) is 12.1. The van der Waals surface area contributed by atoms with Gasteiger partial charge in [-0.25, -0.2) is 4.79 Å². The van der Waals surface area contributed by atoms with Crippen LogP contribution in [0.2, 0.25) is 0 Å². The van der Waals surface area contributed by atoms with Gasteiger partial charge in [0.15, 0.2) is 0 Å². The van der Waals surface area contributed by atoms with Gasteiger partial charge in [0.05, 0.1) is 0 Å². The van der Waals surface area contributed by atoms with Crippen molar-refractivity contribution in [2.24, 2.45) is 0 Å². The molecule has 5 heteroatoms. The molecule has 0 bridgehead atoms. The molecule has 4 nitrogen and oxygen atoms in total. The molecule has 94 valence electrons. The van der Waals surface area contributed by atoms with Crippen molar-refractivity contribution in [2.45, 2.75) is 20.0 Å². The maximum Gasteiger partial charge on any atom is 0.345 e. The molecule has 0 aliphatic heterocycles. The minimum absolute atomic E-state index is 0.381. The van der Waals surface area contributed by atoms with E-state index in [0.29, 0.717) is 11.4 Å². The summed E-state index contributed by atoms with van der Waals surface area (Å²) in [7, 11) is 0. The topological polar surface area (TPSA) is 62.2 Å². The van der Waals surface area contributed by atoms with Gasteiger partial charge < -0.3 is 10.4 Å². The first-order chi connectivity index (χ1) is 8.66. The summed E-state index contributed by atoms with van der Waals surface area (Å²) in [6.07, 6.45) is 3.61. The summed E-state index contributed by atoms with van der Waals surface area (Å²) in [4.78, 5) is 16.2. The summed E-state index contributed by atoms with van der Waals surface area (Å²) in [5.41, 5.74) is 2.36. The molecule has 2 N–H and O–H groups in total. The summed E-state index contributed by atoms with van der Waals surface area (Å²) in [6, 6.07) is 5.47. The molecule has 2 heterocycles. The summed E-state index contributed by atoms with van der Waals surface area (Å²) in [5.74, 6) is -0.865. The van der Waals surface area contributed by atoms with Crippen molar-refractivity contribution in [1.82, 2.24) is 10.3 Å². The van der Waals surface area contributed by atoms with E-state index in [4.69, 9.17) is 5.11 Å². The first-order valence-electron chi connectivity index (χ1n) is 5.59. The molecule has 0 atom stereocenters. The van der Waals surface area contributed by atoms with Crippen LogP contribution in [0.15, 0.2) is 30.6 Å². The second-order valence-electron chi connectivity index (χ2n) is 3.98. The molecule has 0 aliphatic rings. The largest absolute Gasteiger partial charge is 0.477 e. The molecule has 0 aliphatic carbocycles. The molecule has 0 saturated heterocycles. The standard InChI is InChI=1S/C13H14N2O2S/c1-9-6-14-5-4-10(9)7-15-8-11-2-3-12(18-11)13(16)17/h2-6,15H,7-8H2,1H3,(H,16,17). The highest BCUT2D eigenvalue weighted by atomic mass is 32.1. The Labute approximate surface area is 109 Å². The Morgan fingerprint density at radius 1 is 1.39 bits per heavy atom. The van der Waals surface area contributed by atoms with E-state index in [0.717, 1.165) is 17.0 Å². The smallest absolute Gasteiger partial charge is 0.345 e. The van der Waals surface area contributed by atoms with E-state index in [1.807, 2.05) is 25.3 Å².